The van der Waals surface area contributed by atoms with Crippen molar-refractivity contribution in [3.05, 3.63) is 60.1 Å². The Bertz CT molecular complexity index is 720. The van der Waals surface area contributed by atoms with E-state index in [0.717, 1.165) is 19.4 Å². The third-order valence-corrected chi connectivity index (χ3v) is 3.98. The lowest BCUT2D eigenvalue weighted by Crippen LogP contribution is -1.96. The van der Waals surface area contributed by atoms with Crippen molar-refractivity contribution in [3.8, 4) is 5.75 Å². The van der Waals surface area contributed by atoms with Crippen LogP contribution in [0.1, 0.15) is 5.56 Å². The van der Waals surface area contributed by atoms with E-state index in [1.807, 2.05) is 12.1 Å². The molecule has 0 aromatic heterocycles. The highest BCUT2D eigenvalue weighted by Crippen LogP contribution is 2.28. The molecule has 1 N–H and O–H groups in total. The van der Waals surface area contributed by atoms with E-state index in [9.17, 15) is 10.1 Å². The zero-order chi connectivity index (χ0) is 16.1. The van der Waals surface area contributed by atoms with Crippen molar-refractivity contribution in [2.45, 2.75) is 0 Å². The molecule has 8 heteroatoms. The molecule has 0 unspecified atom stereocenters. The molecule has 2 rings (SSSR count). The van der Waals surface area contributed by atoms with E-state index in [2.05, 4.69) is 49.0 Å². The van der Waals surface area contributed by atoms with Gasteiger partial charge in [-0.1, -0.05) is 15.9 Å². The first-order valence-electron chi connectivity index (χ1n) is 6.08. The first-order chi connectivity index (χ1) is 10.5. The fraction of sp³-hybridized carbons (Fsp3) is 0.0714. The van der Waals surface area contributed by atoms with Gasteiger partial charge in [0, 0.05) is 22.2 Å². The number of hydrazone groups is 1. The summed E-state index contributed by atoms with van der Waals surface area (Å²) in [5.74, 6) is 0.734. The number of non-ortho nitro benzene ring substituents is 1. The average molecular weight is 476 g/mol. The van der Waals surface area contributed by atoms with Crippen molar-refractivity contribution in [3.63, 3.8) is 0 Å². The van der Waals surface area contributed by atoms with Crippen molar-refractivity contribution >= 4 is 56.1 Å². The van der Waals surface area contributed by atoms with E-state index in [0.29, 0.717) is 5.69 Å². The highest BCUT2D eigenvalue weighted by Gasteiger charge is 2.07. The largest absolute Gasteiger partial charge is 0.495 e. The van der Waals surface area contributed by atoms with Gasteiger partial charge in [-0.3, -0.25) is 15.5 Å². The lowest BCUT2D eigenvalue weighted by Gasteiger charge is -2.08. The Hall–Kier alpha value is -1.68. The summed E-state index contributed by atoms with van der Waals surface area (Å²) in [7, 11) is 1.60. The van der Waals surface area contributed by atoms with Gasteiger partial charge in [-0.15, -0.1) is 0 Å². The second-order valence-corrected chi connectivity index (χ2v) is 6.26. The lowest BCUT2D eigenvalue weighted by atomic mass is 10.2. The summed E-state index contributed by atoms with van der Waals surface area (Å²) in [4.78, 5) is 10.1. The smallest absolute Gasteiger partial charge is 0.269 e. The van der Waals surface area contributed by atoms with E-state index >= 15 is 0 Å². The Morgan fingerprint density at radius 1 is 1.36 bits per heavy atom. The normalized spacial score (nSPS) is 10.7. The van der Waals surface area contributed by atoms with E-state index in [-0.39, 0.29) is 5.69 Å². The first kappa shape index (κ1) is 16.7. The van der Waals surface area contributed by atoms with Crippen LogP contribution in [0.2, 0.25) is 0 Å². The molecule has 0 heterocycles. The number of ether oxygens (including phenoxy) is 1. The van der Waals surface area contributed by atoms with Crippen LogP contribution in [0.5, 0.6) is 5.75 Å². The maximum absolute atomic E-state index is 10.6. The van der Waals surface area contributed by atoms with Gasteiger partial charge in [-0.25, -0.2) is 0 Å². The molecule has 0 saturated carbocycles. The second kappa shape index (κ2) is 7.54. The zero-order valence-corrected chi connectivity index (χ0v) is 15.2. The Kier molecular flexibility index (Phi) is 5.72. The molecule has 0 aliphatic rings. The van der Waals surface area contributed by atoms with Gasteiger partial charge in [0.1, 0.15) is 5.75 Å². The van der Waals surface area contributed by atoms with Crippen molar-refractivity contribution in [2.75, 3.05) is 12.5 Å². The predicted molar refractivity (Wildman–Crippen MR) is 97.7 cm³/mol. The molecule has 0 fully saturated rings. The number of methoxy groups -OCH3 is 1. The Morgan fingerprint density at radius 3 is 2.64 bits per heavy atom. The van der Waals surface area contributed by atoms with Crippen LogP contribution in [-0.4, -0.2) is 18.2 Å². The molecule has 0 spiro atoms. The van der Waals surface area contributed by atoms with Crippen molar-refractivity contribution < 1.29 is 9.66 Å². The van der Waals surface area contributed by atoms with Crippen LogP contribution in [0, 0.1) is 13.7 Å². The number of rotatable bonds is 5. The van der Waals surface area contributed by atoms with Crippen LogP contribution < -0.4 is 10.2 Å². The number of anilines is 1. The fourth-order valence-electron chi connectivity index (χ4n) is 1.73. The summed E-state index contributed by atoms with van der Waals surface area (Å²) in [5, 5.41) is 14.7. The van der Waals surface area contributed by atoms with E-state index in [1.165, 1.54) is 12.1 Å². The summed E-state index contributed by atoms with van der Waals surface area (Å²) in [5.41, 5.74) is 4.34. The first-order valence-corrected chi connectivity index (χ1v) is 7.95. The predicted octanol–water partition coefficient (Wildman–Crippen LogP) is 4.42. The van der Waals surface area contributed by atoms with Gasteiger partial charge in [-0.2, -0.15) is 5.10 Å². The van der Waals surface area contributed by atoms with Crippen LogP contribution in [0.15, 0.2) is 46.0 Å². The van der Waals surface area contributed by atoms with Crippen molar-refractivity contribution in [2.24, 2.45) is 5.10 Å². The van der Waals surface area contributed by atoms with Gasteiger partial charge in [0.25, 0.3) is 5.69 Å². The molecular formula is C14H11BrIN3O3. The Morgan fingerprint density at radius 2 is 2.05 bits per heavy atom. The summed E-state index contributed by atoms with van der Waals surface area (Å²) >= 11 is 5.61. The third-order valence-electron chi connectivity index (χ3n) is 2.72. The highest BCUT2D eigenvalue weighted by molar-refractivity contribution is 14.1. The maximum atomic E-state index is 10.6. The van der Waals surface area contributed by atoms with Gasteiger partial charge < -0.3 is 4.74 Å². The number of nitro benzene ring substituents is 1. The van der Waals surface area contributed by atoms with E-state index < -0.39 is 4.92 Å². The lowest BCUT2D eigenvalue weighted by molar-refractivity contribution is -0.384. The topological polar surface area (TPSA) is 76.8 Å². The molecule has 6 nitrogen and oxygen atoms in total. The van der Waals surface area contributed by atoms with Crippen LogP contribution in [0.4, 0.5) is 11.4 Å². The molecule has 0 aliphatic carbocycles. The number of halogens is 2. The molecule has 114 valence electrons. The molecule has 2 aromatic carbocycles. The molecule has 2 aromatic rings. The molecular weight excluding hydrogens is 465 g/mol. The van der Waals surface area contributed by atoms with Gasteiger partial charge in [0.2, 0.25) is 0 Å². The fourth-order valence-corrected chi connectivity index (χ4v) is 3.50. The van der Waals surface area contributed by atoms with Crippen LogP contribution in [-0.2, 0) is 0 Å². The molecule has 0 bridgehead atoms. The van der Waals surface area contributed by atoms with Gasteiger partial charge in [0.15, 0.2) is 0 Å². The minimum absolute atomic E-state index is 0.0396. The molecule has 0 radical (unpaired) electrons. The van der Waals surface area contributed by atoms with Crippen molar-refractivity contribution in [1.29, 1.82) is 0 Å². The summed E-state index contributed by atoms with van der Waals surface area (Å²) < 4.78 is 7.24. The van der Waals surface area contributed by atoms with Crippen LogP contribution >= 0.6 is 38.5 Å². The molecule has 22 heavy (non-hydrogen) atoms. The van der Waals surface area contributed by atoms with Crippen LogP contribution in [0.25, 0.3) is 0 Å². The molecule has 0 aliphatic heterocycles. The SMILES string of the molecule is COc1c(I)cc(Br)cc1C=NNc1ccc([N+](=O)[O-])cc1. The van der Waals surface area contributed by atoms with Gasteiger partial charge >= 0.3 is 0 Å². The average Bonchev–Trinajstić information content (AvgIpc) is 2.47. The monoisotopic (exact) mass is 475 g/mol. The summed E-state index contributed by atoms with van der Waals surface area (Å²) in [6, 6.07) is 9.86. The Labute approximate surface area is 149 Å². The Balaban J connectivity index is 2.14. The second-order valence-electron chi connectivity index (χ2n) is 4.18. The van der Waals surface area contributed by atoms with Gasteiger partial charge in [-0.05, 0) is 46.9 Å². The molecule has 0 atom stereocenters. The summed E-state index contributed by atoms with van der Waals surface area (Å²) in [6.45, 7) is 0. The third kappa shape index (κ3) is 4.17. The number of hydrogen-bond donors (Lipinski definition) is 1. The van der Waals surface area contributed by atoms with Gasteiger partial charge in [0.05, 0.1) is 27.5 Å². The van der Waals surface area contributed by atoms with E-state index in [4.69, 9.17) is 4.74 Å². The number of nitro groups is 1. The number of benzene rings is 2. The maximum Gasteiger partial charge on any atom is 0.269 e. The zero-order valence-electron chi connectivity index (χ0n) is 11.4. The number of hydrogen-bond acceptors (Lipinski definition) is 5. The minimum Gasteiger partial charge on any atom is -0.495 e. The molecule has 0 amide bonds. The van der Waals surface area contributed by atoms with Crippen molar-refractivity contribution in [1.82, 2.24) is 0 Å². The molecule has 0 saturated heterocycles. The highest BCUT2D eigenvalue weighted by atomic mass is 127. The number of nitrogens with one attached hydrogen (secondary N) is 1. The van der Waals surface area contributed by atoms with Crippen LogP contribution in [0.3, 0.4) is 0 Å². The quantitative estimate of drug-likeness (QED) is 0.300. The standard InChI is InChI=1S/C14H11BrIN3O3/c1-22-14-9(6-10(15)7-13(14)16)8-17-18-11-2-4-12(5-3-11)19(20)21/h2-8,18H,1H3. The van der Waals surface area contributed by atoms with E-state index in [1.54, 1.807) is 25.5 Å². The number of nitrogens with zero attached hydrogens (tertiary/aromatic N) is 2. The summed E-state index contributed by atoms with van der Waals surface area (Å²) in [6.07, 6.45) is 1.63. The minimum atomic E-state index is -0.443.